The van der Waals surface area contributed by atoms with E-state index in [1.807, 2.05) is 18.0 Å². The van der Waals surface area contributed by atoms with Crippen molar-refractivity contribution in [3.05, 3.63) is 45.2 Å². The summed E-state index contributed by atoms with van der Waals surface area (Å²) in [6.45, 7) is 3.95. The Morgan fingerprint density at radius 3 is 2.41 bits per heavy atom. The summed E-state index contributed by atoms with van der Waals surface area (Å²) in [5.74, 6) is -4.30. The number of Topliss-reactive ketones (excluding diaryl/α,β-unsaturated/α-hetero) is 2. The molecule has 46 heavy (non-hydrogen) atoms. The lowest BCUT2D eigenvalue weighted by atomic mass is 9.69. The van der Waals surface area contributed by atoms with Crippen molar-refractivity contribution >= 4 is 23.4 Å². The van der Waals surface area contributed by atoms with Crippen molar-refractivity contribution in [1.82, 2.24) is 20.4 Å². The number of benzene rings is 1. The van der Waals surface area contributed by atoms with Crippen molar-refractivity contribution in [2.45, 2.75) is 76.0 Å². The van der Waals surface area contributed by atoms with Gasteiger partial charge in [0.25, 0.3) is 0 Å². The predicted molar refractivity (Wildman–Crippen MR) is 154 cm³/mol. The number of carbonyl (C=O) groups is 4. The van der Waals surface area contributed by atoms with Crippen LogP contribution in [0.3, 0.4) is 0 Å². The summed E-state index contributed by atoms with van der Waals surface area (Å²) in [6.07, 6.45) is -4.84. The van der Waals surface area contributed by atoms with E-state index in [2.05, 4.69) is 11.4 Å². The Morgan fingerprint density at radius 1 is 1.15 bits per heavy atom. The average Bonchev–Trinajstić information content (AvgIpc) is 2.98. The number of ketones is 2. The van der Waals surface area contributed by atoms with Crippen molar-refractivity contribution in [3.63, 3.8) is 0 Å². The van der Waals surface area contributed by atoms with Crippen molar-refractivity contribution in [2.24, 2.45) is 0 Å². The number of phenolic OH excluding ortho intramolecular Hbond substituents is 1. The third kappa shape index (κ3) is 5.00. The van der Waals surface area contributed by atoms with E-state index in [0.717, 1.165) is 12.5 Å². The quantitative estimate of drug-likeness (QED) is 0.387. The molecule has 5 rings (SSSR count). The van der Waals surface area contributed by atoms with Gasteiger partial charge in [-0.3, -0.25) is 29.0 Å². The number of aromatic hydroxyl groups is 1. The standard InChI is InChI=1S/C31H34F3N5O7/c1-12-7-15-8-17-19(10-35)39-18(23(38(17)4)21(15)25(41)27(12)45-5)9-16-22(26(42)28(46-6)13(2)24(16)40)20(39)11-36-29(43)14(3)37-30(44)31(32,33)34/h7,14,17-20,23,41H,8-9,11H2,1-6H3,(H,36,43)(H,37,44)/t14-,17?,18?,19-,20?,23?/m0/s1. The minimum Gasteiger partial charge on any atom is -0.504 e. The molecule has 3 aliphatic heterocycles. The normalized spacial score (nSPS) is 26.8. The molecule has 1 aromatic carbocycles. The first-order chi connectivity index (χ1) is 21.6. The molecule has 1 aliphatic carbocycles. The maximum Gasteiger partial charge on any atom is 0.471 e. The lowest BCUT2D eigenvalue weighted by Crippen LogP contribution is -2.71. The molecule has 3 heterocycles. The smallest absolute Gasteiger partial charge is 0.471 e. The second kappa shape index (κ2) is 11.7. The van der Waals surface area contributed by atoms with Crippen molar-refractivity contribution in [2.75, 3.05) is 27.8 Å². The maximum atomic E-state index is 13.9. The number of alkyl halides is 3. The summed E-state index contributed by atoms with van der Waals surface area (Å²) >= 11 is 0. The number of allylic oxidation sites excluding steroid dienone is 2. The van der Waals surface area contributed by atoms with E-state index in [-0.39, 0.29) is 46.9 Å². The first kappa shape index (κ1) is 33.0. The van der Waals surface area contributed by atoms with Crippen LogP contribution in [0.5, 0.6) is 11.5 Å². The van der Waals surface area contributed by atoms with Crippen LogP contribution in [0.15, 0.2) is 28.5 Å². The Labute approximate surface area is 262 Å². The molecule has 0 radical (unpaired) electrons. The fourth-order valence-electron chi connectivity index (χ4n) is 7.50. The fraction of sp³-hybridized carbons (Fsp3) is 0.516. The van der Waals surface area contributed by atoms with Crippen LogP contribution in [0.4, 0.5) is 13.2 Å². The third-order valence-electron chi connectivity index (χ3n) is 9.53. The molecular weight excluding hydrogens is 611 g/mol. The second-order valence-electron chi connectivity index (χ2n) is 12.0. The molecule has 1 aromatic rings. The number of fused-ring (bicyclic) bond motifs is 6. The summed E-state index contributed by atoms with van der Waals surface area (Å²) in [4.78, 5) is 55.8. The molecule has 0 saturated carbocycles. The van der Waals surface area contributed by atoms with Crippen LogP contribution in [0, 0.1) is 18.3 Å². The van der Waals surface area contributed by atoms with Gasteiger partial charge < -0.3 is 25.2 Å². The lowest BCUT2D eigenvalue weighted by molar-refractivity contribution is -0.174. The molecule has 12 nitrogen and oxygen atoms in total. The Hall–Kier alpha value is -4.42. The Bertz CT molecular complexity index is 1650. The number of hydrogen-bond donors (Lipinski definition) is 3. The first-order valence-corrected chi connectivity index (χ1v) is 14.6. The Kier molecular flexibility index (Phi) is 8.41. The van der Waals surface area contributed by atoms with Gasteiger partial charge in [0.2, 0.25) is 11.7 Å². The zero-order valence-corrected chi connectivity index (χ0v) is 26.0. The minimum absolute atomic E-state index is 0.0183. The number of nitrogens with one attached hydrogen (secondary N) is 2. The van der Waals surface area contributed by atoms with Crippen LogP contribution in [0.1, 0.15) is 43.0 Å². The number of amides is 2. The molecule has 0 spiro atoms. The topological polar surface area (TPSA) is 161 Å². The Balaban J connectivity index is 1.62. The zero-order chi connectivity index (χ0) is 34.0. The summed E-state index contributed by atoms with van der Waals surface area (Å²) in [5, 5.41) is 26.2. The van der Waals surface area contributed by atoms with Gasteiger partial charge in [-0.2, -0.15) is 18.4 Å². The van der Waals surface area contributed by atoms with Gasteiger partial charge >= 0.3 is 12.1 Å². The predicted octanol–water partition coefficient (Wildman–Crippen LogP) is 1.51. The van der Waals surface area contributed by atoms with Gasteiger partial charge in [-0.15, -0.1) is 0 Å². The number of rotatable bonds is 6. The van der Waals surface area contributed by atoms with E-state index in [9.17, 15) is 42.7 Å². The van der Waals surface area contributed by atoms with E-state index in [1.54, 1.807) is 17.1 Å². The summed E-state index contributed by atoms with van der Waals surface area (Å²) in [5.41, 5.74) is 2.35. The molecule has 1 fully saturated rings. The summed E-state index contributed by atoms with van der Waals surface area (Å²) in [7, 11) is 4.50. The van der Waals surface area contributed by atoms with Crippen LogP contribution in [-0.2, 0) is 30.3 Å². The average molecular weight is 646 g/mol. The van der Waals surface area contributed by atoms with Gasteiger partial charge in [0.15, 0.2) is 23.0 Å². The molecule has 6 atom stereocenters. The highest BCUT2D eigenvalue weighted by molar-refractivity contribution is 6.25. The van der Waals surface area contributed by atoms with Crippen LogP contribution in [-0.4, -0.2) is 102 Å². The highest BCUT2D eigenvalue weighted by Crippen LogP contribution is 2.53. The fourth-order valence-corrected chi connectivity index (χ4v) is 7.50. The van der Waals surface area contributed by atoms with Gasteiger partial charge in [0, 0.05) is 40.9 Å². The monoisotopic (exact) mass is 645 g/mol. The van der Waals surface area contributed by atoms with E-state index in [0.29, 0.717) is 17.5 Å². The number of methoxy groups -OCH3 is 2. The number of phenols is 1. The number of likely N-dealkylation sites (N-methyl/N-ethyl adjacent to an activating group) is 1. The van der Waals surface area contributed by atoms with Crippen molar-refractivity contribution in [1.29, 1.82) is 5.26 Å². The second-order valence-corrected chi connectivity index (χ2v) is 12.0. The number of carbonyl (C=O) groups excluding carboxylic acids is 4. The molecule has 15 heteroatoms. The lowest BCUT2D eigenvalue weighted by Gasteiger charge is -2.60. The SMILES string of the molecule is COC1=C(C)C(=O)C2=C(C1=O)C(CNC(=O)[C@H](C)NC(=O)C(F)(F)F)N1C(C2)C2c3c(cc(C)c(OC)c3O)CC([C@@H]1C#N)N2C. The van der Waals surface area contributed by atoms with E-state index in [1.165, 1.54) is 21.1 Å². The molecule has 4 aliphatic rings. The molecule has 3 N–H and O–H groups in total. The van der Waals surface area contributed by atoms with Crippen molar-refractivity contribution in [3.8, 4) is 17.6 Å². The molecule has 246 valence electrons. The van der Waals surface area contributed by atoms with E-state index < -0.39 is 65.8 Å². The third-order valence-corrected chi connectivity index (χ3v) is 9.53. The van der Waals surface area contributed by atoms with Gasteiger partial charge in [-0.25, -0.2) is 0 Å². The highest BCUT2D eigenvalue weighted by Gasteiger charge is 2.58. The van der Waals surface area contributed by atoms with E-state index >= 15 is 0 Å². The molecule has 4 unspecified atom stereocenters. The molecule has 2 amide bonds. The number of halogens is 3. The van der Waals surface area contributed by atoms with Gasteiger partial charge in [-0.05, 0) is 51.8 Å². The van der Waals surface area contributed by atoms with Crippen LogP contribution in [0.2, 0.25) is 0 Å². The largest absolute Gasteiger partial charge is 0.504 e. The minimum atomic E-state index is -5.21. The number of aryl methyl sites for hydroxylation is 1. The number of nitriles is 1. The Morgan fingerprint density at radius 2 is 1.83 bits per heavy atom. The molecule has 2 bridgehead atoms. The van der Waals surface area contributed by atoms with Gasteiger partial charge in [0.05, 0.1) is 32.4 Å². The van der Waals surface area contributed by atoms with Crippen LogP contribution < -0.4 is 15.4 Å². The number of ether oxygens (including phenoxy) is 2. The van der Waals surface area contributed by atoms with Crippen LogP contribution in [0.25, 0.3) is 0 Å². The number of piperazine rings is 1. The molecule has 1 saturated heterocycles. The highest BCUT2D eigenvalue weighted by atomic mass is 19.4. The zero-order valence-electron chi connectivity index (χ0n) is 26.0. The maximum absolute atomic E-state index is 13.9. The summed E-state index contributed by atoms with van der Waals surface area (Å²) in [6, 6.07) is -0.991. The molecule has 0 aromatic heterocycles. The van der Waals surface area contributed by atoms with Crippen LogP contribution >= 0.6 is 0 Å². The first-order valence-electron chi connectivity index (χ1n) is 14.6. The van der Waals surface area contributed by atoms with E-state index in [4.69, 9.17) is 9.47 Å². The number of hydrogen-bond acceptors (Lipinski definition) is 10. The van der Waals surface area contributed by atoms with Gasteiger partial charge in [0.1, 0.15) is 12.1 Å². The molecular formula is C31H34F3N5O7. The van der Waals surface area contributed by atoms with Crippen molar-refractivity contribution < 1.29 is 46.9 Å². The summed E-state index contributed by atoms with van der Waals surface area (Å²) < 4.78 is 49.3. The van der Waals surface area contributed by atoms with Gasteiger partial charge in [-0.1, -0.05) is 6.07 Å². The number of nitrogens with zero attached hydrogens (tertiary/aromatic N) is 3.